The van der Waals surface area contributed by atoms with Crippen LogP contribution < -0.4 is 0 Å². The largest absolute Gasteiger partial charge is 0.336 e. The molecule has 0 N–H and O–H groups in total. The second-order valence-corrected chi connectivity index (χ2v) is 3.90. The summed E-state index contributed by atoms with van der Waals surface area (Å²) < 4.78 is 3.09. The van der Waals surface area contributed by atoms with E-state index >= 15 is 0 Å². The Balaban J connectivity index is 3.15. The van der Waals surface area contributed by atoms with Crippen LogP contribution in [0.15, 0.2) is 12.3 Å². The van der Waals surface area contributed by atoms with Crippen LogP contribution in [0.3, 0.4) is 0 Å². The van der Waals surface area contributed by atoms with Gasteiger partial charge in [-0.2, -0.15) is 5.26 Å². The van der Waals surface area contributed by atoms with Gasteiger partial charge >= 0.3 is 0 Å². The third kappa shape index (κ3) is 1.74. The number of nitriles is 1. The van der Waals surface area contributed by atoms with Crippen molar-refractivity contribution in [1.82, 2.24) is 4.57 Å². The van der Waals surface area contributed by atoms with Gasteiger partial charge < -0.3 is 4.57 Å². The van der Waals surface area contributed by atoms with Gasteiger partial charge in [-0.15, -0.1) is 0 Å². The Labute approximate surface area is 80.0 Å². The van der Waals surface area contributed by atoms with Crippen molar-refractivity contribution in [2.75, 3.05) is 0 Å². The van der Waals surface area contributed by atoms with Gasteiger partial charge in [0.1, 0.15) is 11.8 Å². The molecular weight excluding hydrogens is 251 g/mol. The standard InChI is InChI=1S/C8H9IN2/c1-6(2)11-5-7(9)3-8(11)4-10/h3,5-6H,1-2H3. The number of nitrogens with zero attached hydrogens (tertiary/aromatic N) is 2. The Morgan fingerprint density at radius 1 is 1.64 bits per heavy atom. The van der Waals surface area contributed by atoms with Gasteiger partial charge in [0.05, 0.1) is 0 Å². The zero-order valence-electron chi connectivity index (χ0n) is 6.50. The fraction of sp³-hybridized carbons (Fsp3) is 0.375. The minimum Gasteiger partial charge on any atom is -0.336 e. The van der Waals surface area contributed by atoms with Crippen molar-refractivity contribution < 1.29 is 0 Å². The first-order valence-electron chi connectivity index (χ1n) is 3.42. The lowest BCUT2D eigenvalue weighted by Gasteiger charge is -2.07. The highest BCUT2D eigenvalue weighted by Gasteiger charge is 2.05. The summed E-state index contributed by atoms with van der Waals surface area (Å²) in [6.45, 7) is 4.13. The molecule has 0 amide bonds. The van der Waals surface area contributed by atoms with E-state index in [-0.39, 0.29) is 0 Å². The molecule has 1 rings (SSSR count). The average molecular weight is 260 g/mol. The number of hydrogen-bond acceptors (Lipinski definition) is 1. The molecule has 0 radical (unpaired) electrons. The summed E-state index contributed by atoms with van der Waals surface area (Å²) in [5, 5.41) is 8.71. The maximum atomic E-state index is 8.71. The van der Waals surface area contributed by atoms with Crippen LogP contribution in [0.4, 0.5) is 0 Å². The van der Waals surface area contributed by atoms with Gasteiger partial charge in [0.25, 0.3) is 0 Å². The van der Waals surface area contributed by atoms with E-state index in [2.05, 4.69) is 42.5 Å². The second kappa shape index (κ2) is 3.26. The van der Waals surface area contributed by atoms with Crippen molar-refractivity contribution in [3.05, 3.63) is 21.5 Å². The predicted octanol–water partition coefficient (Wildman–Crippen LogP) is 2.55. The normalized spacial score (nSPS) is 10.1. The Morgan fingerprint density at radius 3 is 2.64 bits per heavy atom. The molecule has 0 aromatic carbocycles. The topological polar surface area (TPSA) is 28.7 Å². The molecule has 2 nitrogen and oxygen atoms in total. The van der Waals surface area contributed by atoms with Crippen LogP contribution in [-0.2, 0) is 0 Å². The third-order valence-electron chi connectivity index (χ3n) is 1.49. The van der Waals surface area contributed by atoms with Gasteiger partial charge in [-0.25, -0.2) is 0 Å². The summed E-state index contributed by atoms with van der Waals surface area (Å²) in [6, 6.07) is 4.41. The molecule has 0 saturated carbocycles. The molecule has 0 atom stereocenters. The van der Waals surface area contributed by atoms with E-state index in [1.807, 2.05) is 16.8 Å². The van der Waals surface area contributed by atoms with E-state index in [9.17, 15) is 0 Å². The Bertz CT molecular complexity index is 294. The van der Waals surface area contributed by atoms with Crippen molar-refractivity contribution >= 4 is 22.6 Å². The van der Waals surface area contributed by atoms with Crippen LogP contribution in [0.5, 0.6) is 0 Å². The highest BCUT2D eigenvalue weighted by molar-refractivity contribution is 14.1. The molecule has 0 aliphatic rings. The van der Waals surface area contributed by atoms with E-state index in [1.165, 1.54) is 0 Å². The zero-order chi connectivity index (χ0) is 8.43. The fourth-order valence-corrected chi connectivity index (χ4v) is 1.56. The highest BCUT2D eigenvalue weighted by Crippen LogP contribution is 2.15. The number of rotatable bonds is 1. The number of halogens is 1. The molecular formula is C8H9IN2. The van der Waals surface area contributed by atoms with Crippen LogP contribution in [-0.4, -0.2) is 4.57 Å². The van der Waals surface area contributed by atoms with Crippen molar-refractivity contribution in [3.8, 4) is 6.07 Å². The highest BCUT2D eigenvalue weighted by atomic mass is 127. The summed E-state index contributed by atoms with van der Waals surface area (Å²) in [6.07, 6.45) is 1.99. The summed E-state index contributed by atoms with van der Waals surface area (Å²) in [4.78, 5) is 0. The van der Waals surface area contributed by atoms with Gasteiger partial charge in [0, 0.05) is 15.8 Å². The van der Waals surface area contributed by atoms with E-state index in [1.54, 1.807) is 0 Å². The molecule has 0 spiro atoms. The molecule has 3 heteroatoms. The molecule has 0 unspecified atom stereocenters. The van der Waals surface area contributed by atoms with Crippen LogP contribution in [0, 0.1) is 14.9 Å². The van der Waals surface area contributed by atoms with E-state index < -0.39 is 0 Å². The van der Waals surface area contributed by atoms with Gasteiger partial charge in [-0.1, -0.05) is 0 Å². The maximum Gasteiger partial charge on any atom is 0.121 e. The predicted molar refractivity (Wildman–Crippen MR) is 52.2 cm³/mol. The first kappa shape index (κ1) is 8.60. The summed E-state index contributed by atoms with van der Waals surface area (Å²) in [5.41, 5.74) is 0.740. The summed E-state index contributed by atoms with van der Waals surface area (Å²) in [5.74, 6) is 0. The Kier molecular flexibility index (Phi) is 2.55. The molecule has 0 aliphatic carbocycles. The van der Waals surface area contributed by atoms with E-state index in [0.29, 0.717) is 6.04 Å². The minimum absolute atomic E-state index is 0.369. The van der Waals surface area contributed by atoms with Gasteiger partial charge in [0.2, 0.25) is 0 Å². The molecule has 58 valence electrons. The van der Waals surface area contributed by atoms with Gasteiger partial charge in [-0.3, -0.25) is 0 Å². The SMILES string of the molecule is CC(C)n1cc(I)cc1C#N. The maximum absolute atomic E-state index is 8.71. The van der Waals surface area contributed by atoms with E-state index in [4.69, 9.17) is 5.26 Å². The molecule has 11 heavy (non-hydrogen) atoms. The smallest absolute Gasteiger partial charge is 0.121 e. The lowest BCUT2D eigenvalue weighted by molar-refractivity contribution is 0.597. The van der Waals surface area contributed by atoms with Crippen molar-refractivity contribution in [2.45, 2.75) is 19.9 Å². The van der Waals surface area contributed by atoms with Gasteiger partial charge in [-0.05, 0) is 42.5 Å². The molecule has 1 heterocycles. The van der Waals surface area contributed by atoms with Crippen LogP contribution in [0.25, 0.3) is 0 Å². The molecule has 0 saturated heterocycles. The van der Waals surface area contributed by atoms with Crippen LogP contribution in [0.1, 0.15) is 25.6 Å². The van der Waals surface area contributed by atoms with Crippen molar-refractivity contribution in [3.63, 3.8) is 0 Å². The Hall–Kier alpha value is -0.500. The molecule has 0 bridgehead atoms. The molecule has 0 aliphatic heterocycles. The fourth-order valence-electron chi connectivity index (χ4n) is 0.962. The first-order valence-corrected chi connectivity index (χ1v) is 4.50. The minimum atomic E-state index is 0.369. The quantitative estimate of drug-likeness (QED) is 0.713. The van der Waals surface area contributed by atoms with Crippen molar-refractivity contribution in [1.29, 1.82) is 5.26 Å². The monoisotopic (exact) mass is 260 g/mol. The third-order valence-corrected chi connectivity index (χ3v) is 2.08. The van der Waals surface area contributed by atoms with Crippen LogP contribution in [0.2, 0.25) is 0 Å². The summed E-state index contributed by atoms with van der Waals surface area (Å²) >= 11 is 2.21. The van der Waals surface area contributed by atoms with Crippen LogP contribution >= 0.6 is 22.6 Å². The number of hydrogen-bond donors (Lipinski definition) is 0. The summed E-state index contributed by atoms with van der Waals surface area (Å²) in [7, 11) is 0. The zero-order valence-corrected chi connectivity index (χ0v) is 8.66. The second-order valence-electron chi connectivity index (χ2n) is 2.66. The lowest BCUT2D eigenvalue weighted by atomic mass is 10.3. The molecule has 0 fully saturated rings. The van der Waals surface area contributed by atoms with Crippen molar-refractivity contribution in [2.24, 2.45) is 0 Å². The molecule has 1 aromatic heterocycles. The Morgan fingerprint density at radius 2 is 2.27 bits per heavy atom. The molecule has 1 aromatic rings. The van der Waals surface area contributed by atoms with E-state index in [0.717, 1.165) is 9.26 Å². The average Bonchev–Trinajstić information content (AvgIpc) is 2.30. The first-order chi connectivity index (χ1) is 5.15. The van der Waals surface area contributed by atoms with Gasteiger partial charge in [0.15, 0.2) is 0 Å². The lowest BCUT2D eigenvalue weighted by Crippen LogP contribution is -2.00. The number of aromatic nitrogens is 1.